The van der Waals surface area contributed by atoms with Crippen molar-refractivity contribution in [1.82, 2.24) is 4.90 Å². The summed E-state index contributed by atoms with van der Waals surface area (Å²) in [5.41, 5.74) is 0. The number of aliphatic hydroxyl groups is 1. The van der Waals surface area contributed by atoms with Crippen molar-refractivity contribution in [3.63, 3.8) is 0 Å². The van der Waals surface area contributed by atoms with Gasteiger partial charge in [0.05, 0.1) is 12.5 Å². The maximum absolute atomic E-state index is 13.0. The first-order chi connectivity index (χ1) is 12.6. The molecule has 4 nitrogen and oxygen atoms in total. The van der Waals surface area contributed by atoms with Gasteiger partial charge in [0.15, 0.2) is 0 Å². The van der Waals surface area contributed by atoms with Crippen LogP contribution < -0.4 is 4.74 Å². The Hall–Kier alpha value is -1.92. The Morgan fingerprint density at radius 1 is 1.19 bits per heavy atom. The number of amides is 1. The van der Waals surface area contributed by atoms with Gasteiger partial charge in [-0.05, 0) is 60.4 Å². The molecule has 2 aromatic rings. The second-order valence-electron chi connectivity index (χ2n) is 7.22. The molecule has 4 rings (SSSR count). The van der Waals surface area contributed by atoms with Crippen LogP contribution in [0.15, 0.2) is 41.8 Å². The highest BCUT2D eigenvalue weighted by molar-refractivity contribution is 7.10. The first-order valence-corrected chi connectivity index (χ1v) is 9.87. The highest BCUT2D eigenvalue weighted by Gasteiger charge is 2.43. The van der Waals surface area contributed by atoms with Gasteiger partial charge in [0, 0.05) is 18.0 Å². The summed E-state index contributed by atoms with van der Waals surface area (Å²) in [6.07, 6.45) is 0.934. The highest BCUT2D eigenvalue weighted by Crippen LogP contribution is 2.38. The predicted octanol–water partition coefficient (Wildman–Crippen LogP) is 3.11. The first kappa shape index (κ1) is 17.5. The number of aliphatic hydroxyl groups excluding tert-OH is 1. The summed E-state index contributed by atoms with van der Waals surface area (Å²) in [6.45, 7) is 1.44. The molecule has 2 fully saturated rings. The van der Waals surface area contributed by atoms with Gasteiger partial charge in [-0.15, -0.1) is 11.3 Å². The number of fused-ring (bicyclic) bond motifs is 1. The molecular weight excluding hydrogens is 353 g/mol. The van der Waals surface area contributed by atoms with Gasteiger partial charge >= 0.3 is 0 Å². The van der Waals surface area contributed by atoms with Gasteiger partial charge in [0.2, 0.25) is 5.91 Å². The molecule has 1 aromatic heterocycles. The van der Waals surface area contributed by atoms with Crippen LogP contribution in [0.5, 0.6) is 5.75 Å². The van der Waals surface area contributed by atoms with Gasteiger partial charge in [-0.3, -0.25) is 4.79 Å². The van der Waals surface area contributed by atoms with E-state index in [4.69, 9.17) is 4.74 Å². The zero-order valence-corrected chi connectivity index (χ0v) is 15.2. The van der Waals surface area contributed by atoms with Gasteiger partial charge in [-0.25, -0.2) is 4.39 Å². The van der Waals surface area contributed by atoms with E-state index in [1.807, 2.05) is 22.4 Å². The Labute approximate surface area is 156 Å². The number of halogens is 1. The molecular formula is C20H22FNO3S. The van der Waals surface area contributed by atoms with E-state index in [2.05, 4.69) is 0 Å². The van der Waals surface area contributed by atoms with E-state index in [1.165, 1.54) is 12.1 Å². The van der Waals surface area contributed by atoms with Gasteiger partial charge in [-0.2, -0.15) is 0 Å². The number of carbonyl (C=O) groups is 1. The van der Waals surface area contributed by atoms with Crippen molar-refractivity contribution < 1.29 is 19.0 Å². The molecule has 6 heteroatoms. The number of likely N-dealkylation sites (tertiary alicyclic amines) is 1. The molecule has 1 saturated heterocycles. The molecule has 1 amide bonds. The maximum atomic E-state index is 13.0. The number of benzene rings is 1. The van der Waals surface area contributed by atoms with Crippen LogP contribution in [0, 0.1) is 17.7 Å². The van der Waals surface area contributed by atoms with Crippen molar-refractivity contribution in [2.24, 2.45) is 11.8 Å². The van der Waals surface area contributed by atoms with Gasteiger partial charge in [-0.1, -0.05) is 6.07 Å². The van der Waals surface area contributed by atoms with Crippen molar-refractivity contribution in [2.45, 2.75) is 31.5 Å². The minimum absolute atomic E-state index is 0.160. The Balaban J connectivity index is 1.37. The van der Waals surface area contributed by atoms with Crippen LogP contribution in [0.25, 0.3) is 0 Å². The number of rotatable bonds is 4. The van der Waals surface area contributed by atoms with Gasteiger partial charge in [0.1, 0.15) is 17.7 Å². The van der Waals surface area contributed by atoms with Crippen molar-refractivity contribution >= 4 is 17.2 Å². The van der Waals surface area contributed by atoms with Crippen molar-refractivity contribution in [3.05, 3.63) is 52.5 Å². The van der Waals surface area contributed by atoms with E-state index in [0.717, 1.165) is 18.0 Å². The number of ether oxygens (including phenoxy) is 1. The molecule has 4 atom stereocenters. The molecule has 0 bridgehead atoms. The average molecular weight is 375 g/mol. The fraction of sp³-hybridized carbons (Fsp3) is 0.450. The van der Waals surface area contributed by atoms with Gasteiger partial charge in [0.25, 0.3) is 0 Å². The lowest BCUT2D eigenvalue weighted by Gasteiger charge is -2.35. The third kappa shape index (κ3) is 3.76. The number of carbonyl (C=O) groups excluding carboxylic acids is 1. The molecule has 1 aromatic carbocycles. The van der Waals surface area contributed by atoms with Crippen LogP contribution in [0.3, 0.4) is 0 Å². The van der Waals surface area contributed by atoms with Crippen LogP contribution in [0.1, 0.15) is 17.7 Å². The lowest BCUT2D eigenvalue weighted by molar-refractivity contribution is -0.129. The van der Waals surface area contributed by atoms with Crippen molar-refractivity contribution in [1.29, 1.82) is 0 Å². The van der Waals surface area contributed by atoms with E-state index in [1.54, 1.807) is 23.5 Å². The Morgan fingerprint density at radius 2 is 1.92 bits per heavy atom. The van der Waals surface area contributed by atoms with Crippen molar-refractivity contribution in [3.8, 4) is 5.75 Å². The zero-order chi connectivity index (χ0) is 18.1. The molecule has 1 saturated carbocycles. The molecule has 26 heavy (non-hydrogen) atoms. The summed E-state index contributed by atoms with van der Waals surface area (Å²) >= 11 is 1.60. The summed E-state index contributed by atoms with van der Waals surface area (Å²) in [6, 6.07) is 9.83. The Kier molecular flexibility index (Phi) is 4.96. The largest absolute Gasteiger partial charge is 0.488 e. The minimum Gasteiger partial charge on any atom is -0.488 e. The third-order valence-electron chi connectivity index (χ3n) is 5.44. The Bertz CT molecular complexity index is 749. The fourth-order valence-electron chi connectivity index (χ4n) is 4.08. The van der Waals surface area contributed by atoms with Crippen LogP contribution >= 0.6 is 11.3 Å². The maximum Gasteiger partial charge on any atom is 0.227 e. The van der Waals surface area contributed by atoms with E-state index in [9.17, 15) is 14.3 Å². The molecule has 0 radical (unpaired) electrons. The standard InChI is InChI=1S/C20H22FNO3S/c21-15-3-5-16(6-4-15)25-19-9-14-12-22(11-13(14)8-18(19)23)20(24)10-17-2-1-7-26-17/h1-7,13-14,18-19,23H,8-12H2/t13-,14+,18+,19+/m0/s1. The second-order valence-corrected chi connectivity index (χ2v) is 8.26. The van der Waals surface area contributed by atoms with Crippen LogP contribution in [-0.2, 0) is 11.2 Å². The minimum atomic E-state index is -0.561. The molecule has 0 unspecified atom stereocenters. The molecule has 1 aliphatic carbocycles. The quantitative estimate of drug-likeness (QED) is 0.893. The third-order valence-corrected chi connectivity index (χ3v) is 6.32. The SMILES string of the molecule is O=C(Cc1cccs1)N1C[C@H]2C[C@@H](Oc3ccc(F)cc3)[C@H](O)C[C@H]2C1. The Morgan fingerprint density at radius 3 is 2.62 bits per heavy atom. The summed E-state index contributed by atoms with van der Waals surface area (Å²) in [5.74, 6) is 1.09. The zero-order valence-electron chi connectivity index (χ0n) is 14.4. The van der Waals surface area contributed by atoms with Gasteiger partial charge < -0.3 is 14.7 Å². The van der Waals surface area contributed by atoms with E-state index >= 15 is 0 Å². The second kappa shape index (κ2) is 7.37. The van der Waals surface area contributed by atoms with Crippen molar-refractivity contribution in [2.75, 3.05) is 13.1 Å². The molecule has 0 spiro atoms. The number of hydrogen-bond donors (Lipinski definition) is 1. The summed E-state index contributed by atoms with van der Waals surface area (Å²) in [4.78, 5) is 15.6. The van der Waals surface area contributed by atoms with Crippen LogP contribution in [0.2, 0.25) is 0 Å². The van der Waals surface area contributed by atoms with E-state index < -0.39 is 6.10 Å². The van der Waals surface area contributed by atoms with E-state index in [-0.39, 0.29) is 17.8 Å². The van der Waals surface area contributed by atoms with E-state index in [0.29, 0.717) is 36.8 Å². The summed E-state index contributed by atoms with van der Waals surface area (Å²) in [7, 11) is 0. The monoisotopic (exact) mass is 375 g/mol. The lowest BCUT2D eigenvalue weighted by atomic mass is 9.78. The number of hydrogen-bond acceptors (Lipinski definition) is 4. The highest BCUT2D eigenvalue weighted by atomic mass is 32.1. The van der Waals surface area contributed by atoms with Crippen LogP contribution in [0.4, 0.5) is 4.39 Å². The first-order valence-electron chi connectivity index (χ1n) is 8.99. The number of nitrogens with zero attached hydrogens (tertiary/aromatic N) is 1. The lowest BCUT2D eigenvalue weighted by Crippen LogP contribution is -2.42. The molecule has 1 N–H and O–H groups in total. The molecule has 2 aliphatic rings. The normalized spacial score (nSPS) is 28.0. The molecule has 1 aliphatic heterocycles. The smallest absolute Gasteiger partial charge is 0.227 e. The fourth-order valence-corrected chi connectivity index (χ4v) is 4.78. The average Bonchev–Trinajstić information content (AvgIpc) is 3.26. The summed E-state index contributed by atoms with van der Waals surface area (Å²) in [5, 5.41) is 12.4. The number of thiophene rings is 1. The summed E-state index contributed by atoms with van der Waals surface area (Å²) < 4.78 is 18.9. The topological polar surface area (TPSA) is 49.8 Å². The predicted molar refractivity (Wildman–Crippen MR) is 97.6 cm³/mol. The molecule has 2 heterocycles. The molecule has 138 valence electrons. The van der Waals surface area contributed by atoms with Crippen LogP contribution in [-0.4, -0.2) is 41.2 Å².